The van der Waals surface area contributed by atoms with Crippen molar-refractivity contribution in [3.63, 3.8) is 0 Å². The summed E-state index contributed by atoms with van der Waals surface area (Å²) in [7, 11) is 0. The zero-order valence-corrected chi connectivity index (χ0v) is 11.5. The van der Waals surface area contributed by atoms with Crippen LogP contribution < -0.4 is 5.73 Å². The Morgan fingerprint density at radius 3 is 2.89 bits per heavy atom. The number of nitrogens with zero attached hydrogens (tertiary/aromatic N) is 1. The average molecular weight is 258 g/mol. The normalized spacial score (nSPS) is 28.2. The first-order valence-corrected chi connectivity index (χ1v) is 6.85. The molecule has 2 unspecified atom stereocenters. The molecule has 5 nitrogen and oxygen atoms in total. The molecule has 18 heavy (non-hydrogen) atoms. The summed E-state index contributed by atoms with van der Waals surface area (Å²) < 4.78 is 5.20. The largest absolute Gasteiger partial charge is 0.449 e. The van der Waals surface area contributed by atoms with E-state index in [1.807, 2.05) is 6.92 Å². The molecule has 106 valence electrons. The summed E-state index contributed by atoms with van der Waals surface area (Å²) in [5, 5.41) is 9.03. The molecule has 1 aliphatic heterocycles. The Hall–Kier alpha value is -0.810. The van der Waals surface area contributed by atoms with Crippen LogP contribution >= 0.6 is 0 Å². The Kier molecular flexibility index (Phi) is 5.88. The van der Waals surface area contributed by atoms with E-state index in [1.165, 1.54) is 0 Å². The van der Waals surface area contributed by atoms with Gasteiger partial charge in [-0.15, -0.1) is 0 Å². The number of likely N-dealkylation sites (tertiary alicyclic amines) is 1. The standard InChI is InChI=1S/C13H26N2O3/c1-3-4-9-18-12(17)15-7-5-13(14,6-8-16)11(2)10-15/h11,16H,3-10,14H2,1-2H3. The third kappa shape index (κ3) is 3.85. The van der Waals surface area contributed by atoms with Crippen LogP contribution in [-0.2, 0) is 4.74 Å². The van der Waals surface area contributed by atoms with E-state index in [-0.39, 0.29) is 24.2 Å². The lowest BCUT2D eigenvalue weighted by molar-refractivity contribution is 0.0556. The summed E-state index contributed by atoms with van der Waals surface area (Å²) in [4.78, 5) is 13.5. The van der Waals surface area contributed by atoms with Crippen molar-refractivity contribution in [2.45, 2.75) is 45.1 Å². The van der Waals surface area contributed by atoms with E-state index in [1.54, 1.807) is 4.90 Å². The van der Waals surface area contributed by atoms with Crippen molar-refractivity contribution in [2.75, 3.05) is 26.3 Å². The van der Waals surface area contributed by atoms with Crippen molar-refractivity contribution < 1.29 is 14.6 Å². The first-order chi connectivity index (χ1) is 8.53. The Morgan fingerprint density at radius 2 is 2.33 bits per heavy atom. The predicted molar refractivity (Wildman–Crippen MR) is 70.2 cm³/mol. The molecule has 1 fully saturated rings. The van der Waals surface area contributed by atoms with E-state index in [2.05, 4.69) is 6.92 Å². The van der Waals surface area contributed by atoms with E-state index in [4.69, 9.17) is 15.6 Å². The molecule has 1 saturated heterocycles. The number of piperidine rings is 1. The number of carbonyl (C=O) groups excluding carboxylic acids is 1. The van der Waals surface area contributed by atoms with Crippen molar-refractivity contribution in [3.8, 4) is 0 Å². The van der Waals surface area contributed by atoms with Gasteiger partial charge in [0.25, 0.3) is 0 Å². The average Bonchev–Trinajstić information content (AvgIpc) is 2.33. The summed E-state index contributed by atoms with van der Waals surface area (Å²) in [6, 6.07) is 0. The van der Waals surface area contributed by atoms with E-state index in [0.29, 0.717) is 26.1 Å². The number of carbonyl (C=O) groups is 1. The van der Waals surface area contributed by atoms with Crippen LogP contribution in [-0.4, -0.2) is 47.9 Å². The van der Waals surface area contributed by atoms with Gasteiger partial charge in [-0.25, -0.2) is 4.79 Å². The minimum atomic E-state index is -0.352. The molecule has 1 aliphatic rings. The van der Waals surface area contributed by atoms with Gasteiger partial charge < -0.3 is 20.5 Å². The Bertz CT molecular complexity index is 273. The Balaban J connectivity index is 2.42. The van der Waals surface area contributed by atoms with Crippen molar-refractivity contribution in [2.24, 2.45) is 11.7 Å². The Morgan fingerprint density at radius 1 is 1.61 bits per heavy atom. The molecule has 1 amide bonds. The highest BCUT2D eigenvalue weighted by atomic mass is 16.6. The fraction of sp³-hybridized carbons (Fsp3) is 0.923. The number of aliphatic hydroxyl groups is 1. The minimum Gasteiger partial charge on any atom is -0.449 e. The zero-order valence-electron chi connectivity index (χ0n) is 11.5. The molecule has 0 bridgehead atoms. The van der Waals surface area contributed by atoms with E-state index >= 15 is 0 Å². The monoisotopic (exact) mass is 258 g/mol. The molecule has 0 aromatic carbocycles. The summed E-state index contributed by atoms with van der Waals surface area (Å²) in [5.41, 5.74) is 5.91. The third-order valence-corrected chi connectivity index (χ3v) is 3.88. The highest BCUT2D eigenvalue weighted by molar-refractivity contribution is 5.67. The predicted octanol–water partition coefficient (Wildman–Crippen LogP) is 1.34. The van der Waals surface area contributed by atoms with Gasteiger partial charge in [0, 0.05) is 25.2 Å². The third-order valence-electron chi connectivity index (χ3n) is 3.88. The van der Waals surface area contributed by atoms with Crippen LogP contribution in [0.5, 0.6) is 0 Å². The van der Waals surface area contributed by atoms with Crippen LogP contribution in [0.1, 0.15) is 39.5 Å². The number of ether oxygens (including phenoxy) is 1. The number of aliphatic hydroxyl groups excluding tert-OH is 1. The van der Waals surface area contributed by atoms with Crippen LogP contribution in [0, 0.1) is 5.92 Å². The minimum absolute atomic E-state index is 0.0990. The molecule has 0 aromatic heterocycles. The van der Waals surface area contributed by atoms with E-state index in [9.17, 15) is 4.79 Å². The van der Waals surface area contributed by atoms with Crippen molar-refractivity contribution >= 4 is 6.09 Å². The molecule has 1 rings (SSSR count). The molecule has 0 saturated carbocycles. The van der Waals surface area contributed by atoms with Gasteiger partial charge in [0.1, 0.15) is 0 Å². The summed E-state index contributed by atoms with van der Waals surface area (Å²) >= 11 is 0. The molecule has 3 N–H and O–H groups in total. The van der Waals surface area contributed by atoms with Crippen molar-refractivity contribution in [3.05, 3.63) is 0 Å². The smallest absolute Gasteiger partial charge is 0.409 e. The first-order valence-electron chi connectivity index (χ1n) is 6.85. The molecule has 0 aromatic rings. The van der Waals surface area contributed by atoms with Gasteiger partial charge in [0.15, 0.2) is 0 Å². The second kappa shape index (κ2) is 6.95. The van der Waals surface area contributed by atoms with Crippen LogP contribution in [0.3, 0.4) is 0 Å². The molecule has 2 atom stereocenters. The second-order valence-electron chi connectivity index (χ2n) is 5.27. The van der Waals surface area contributed by atoms with Crippen molar-refractivity contribution in [1.82, 2.24) is 4.90 Å². The fourth-order valence-corrected chi connectivity index (χ4v) is 2.33. The summed E-state index contributed by atoms with van der Waals surface area (Å²) in [6.45, 7) is 5.91. The topological polar surface area (TPSA) is 75.8 Å². The summed E-state index contributed by atoms with van der Waals surface area (Å²) in [6.07, 6.45) is 3.00. The molecule has 5 heteroatoms. The lowest BCUT2D eigenvalue weighted by Crippen LogP contribution is -2.57. The lowest BCUT2D eigenvalue weighted by atomic mass is 9.77. The second-order valence-corrected chi connectivity index (χ2v) is 5.27. The first kappa shape index (κ1) is 15.2. The maximum absolute atomic E-state index is 11.8. The SMILES string of the molecule is CCCCOC(=O)N1CCC(N)(CCO)C(C)C1. The molecule has 0 aliphatic carbocycles. The molecular weight excluding hydrogens is 232 g/mol. The number of rotatable bonds is 5. The van der Waals surface area contributed by atoms with Crippen LogP contribution in [0.2, 0.25) is 0 Å². The highest BCUT2D eigenvalue weighted by Gasteiger charge is 2.38. The number of hydrogen-bond donors (Lipinski definition) is 2. The maximum Gasteiger partial charge on any atom is 0.409 e. The van der Waals surface area contributed by atoms with Gasteiger partial charge in [-0.3, -0.25) is 0 Å². The van der Waals surface area contributed by atoms with Gasteiger partial charge >= 0.3 is 6.09 Å². The highest BCUT2D eigenvalue weighted by Crippen LogP contribution is 2.28. The molecule has 1 heterocycles. The van der Waals surface area contributed by atoms with Crippen LogP contribution in [0.15, 0.2) is 0 Å². The zero-order chi connectivity index (χ0) is 13.6. The quantitative estimate of drug-likeness (QED) is 0.730. The van der Waals surface area contributed by atoms with Gasteiger partial charge in [-0.05, 0) is 25.2 Å². The van der Waals surface area contributed by atoms with E-state index < -0.39 is 0 Å². The molecular formula is C13H26N2O3. The van der Waals surface area contributed by atoms with Crippen LogP contribution in [0.25, 0.3) is 0 Å². The van der Waals surface area contributed by atoms with Crippen molar-refractivity contribution in [1.29, 1.82) is 0 Å². The van der Waals surface area contributed by atoms with Crippen LogP contribution in [0.4, 0.5) is 4.79 Å². The number of amides is 1. The van der Waals surface area contributed by atoms with Gasteiger partial charge in [-0.1, -0.05) is 20.3 Å². The van der Waals surface area contributed by atoms with Gasteiger partial charge in [-0.2, -0.15) is 0 Å². The van der Waals surface area contributed by atoms with Gasteiger partial charge in [0.05, 0.1) is 6.61 Å². The lowest BCUT2D eigenvalue weighted by Gasteiger charge is -2.43. The van der Waals surface area contributed by atoms with E-state index in [0.717, 1.165) is 19.3 Å². The number of unbranched alkanes of at least 4 members (excludes halogenated alkanes) is 1. The number of nitrogens with two attached hydrogens (primary N) is 1. The fourth-order valence-electron chi connectivity index (χ4n) is 2.33. The van der Waals surface area contributed by atoms with Gasteiger partial charge in [0.2, 0.25) is 0 Å². The maximum atomic E-state index is 11.8. The molecule has 0 radical (unpaired) electrons. The molecule has 0 spiro atoms. The Labute approximate surface area is 109 Å². The summed E-state index contributed by atoms with van der Waals surface area (Å²) in [5.74, 6) is 0.178. The number of hydrogen-bond acceptors (Lipinski definition) is 4.